The molecule has 1 N–H and O–H groups in total. The average molecular weight is 299 g/mol. The van der Waals surface area contributed by atoms with Gasteiger partial charge in [0, 0.05) is 30.9 Å². The van der Waals surface area contributed by atoms with Crippen molar-refractivity contribution in [2.45, 2.75) is 33.4 Å². The van der Waals surface area contributed by atoms with Crippen molar-refractivity contribution in [2.75, 3.05) is 6.61 Å². The van der Waals surface area contributed by atoms with Crippen molar-refractivity contribution in [1.82, 2.24) is 15.1 Å². The molecule has 2 aromatic rings. The Balaban J connectivity index is 1.96. The van der Waals surface area contributed by atoms with Gasteiger partial charge in [-0.25, -0.2) is 0 Å². The van der Waals surface area contributed by atoms with Gasteiger partial charge in [0.25, 0.3) is 0 Å². The lowest BCUT2D eigenvalue weighted by molar-refractivity contribution is 0.363. The van der Waals surface area contributed by atoms with Gasteiger partial charge >= 0.3 is 0 Å². The largest absolute Gasteiger partial charge is 0.490 e. The van der Waals surface area contributed by atoms with Crippen molar-refractivity contribution >= 4 is 0 Å². The summed E-state index contributed by atoms with van der Waals surface area (Å²) in [6.07, 6.45) is 1.75. The molecule has 0 fully saturated rings. The topological polar surface area (TPSA) is 39.1 Å². The van der Waals surface area contributed by atoms with Crippen LogP contribution in [-0.2, 0) is 13.6 Å². The number of aromatic nitrogens is 2. The first kappa shape index (κ1) is 16.3. The Morgan fingerprint density at radius 2 is 2.00 bits per heavy atom. The van der Waals surface area contributed by atoms with E-state index in [0.29, 0.717) is 6.61 Å². The lowest BCUT2D eigenvalue weighted by Gasteiger charge is -2.15. The number of benzene rings is 1. The molecule has 0 aliphatic heterocycles. The summed E-state index contributed by atoms with van der Waals surface area (Å²) < 4.78 is 7.43. The van der Waals surface area contributed by atoms with E-state index in [-0.39, 0.29) is 6.04 Å². The molecule has 0 saturated carbocycles. The SMILES string of the molecule is C=CCOc1ccc(CN[C@H](C)c2c(C)nn(C)c2C)cc1. The lowest BCUT2D eigenvalue weighted by Crippen LogP contribution is -2.19. The van der Waals surface area contributed by atoms with Gasteiger partial charge in [0.15, 0.2) is 0 Å². The zero-order valence-electron chi connectivity index (χ0n) is 13.9. The maximum atomic E-state index is 5.49. The molecule has 0 saturated heterocycles. The summed E-state index contributed by atoms with van der Waals surface area (Å²) in [5.74, 6) is 0.871. The van der Waals surface area contributed by atoms with Crippen molar-refractivity contribution in [3.8, 4) is 5.75 Å². The molecule has 1 aromatic carbocycles. The Morgan fingerprint density at radius 1 is 1.32 bits per heavy atom. The third-order valence-corrected chi connectivity index (χ3v) is 3.90. The maximum Gasteiger partial charge on any atom is 0.119 e. The quantitative estimate of drug-likeness (QED) is 0.796. The molecule has 22 heavy (non-hydrogen) atoms. The Bertz CT molecular complexity index is 629. The van der Waals surface area contributed by atoms with Crippen LogP contribution in [0.1, 0.15) is 35.5 Å². The molecular weight excluding hydrogens is 274 g/mol. The first-order chi connectivity index (χ1) is 10.5. The zero-order chi connectivity index (χ0) is 16.1. The molecule has 0 radical (unpaired) electrons. The van der Waals surface area contributed by atoms with Gasteiger partial charge in [-0.3, -0.25) is 4.68 Å². The third-order valence-electron chi connectivity index (χ3n) is 3.90. The first-order valence-corrected chi connectivity index (χ1v) is 7.59. The van der Waals surface area contributed by atoms with Crippen LogP contribution in [0.5, 0.6) is 5.75 Å². The summed E-state index contributed by atoms with van der Waals surface area (Å²) >= 11 is 0. The van der Waals surface area contributed by atoms with Gasteiger partial charge < -0.3 is 10.1 Å². The minimum atomic E-state index is 0.269. The van der Waals surface area contributed by atoms with E-state index in [1.807, 2.05) is 23.9 Å². The molecule has 4 nitrogen and oxygen atoms in total. The molecule has 118 valence electrons. The van der Waals surface area contributed by atoms with Crippen molar-refractivity contribution < 1.29 is 4.74 Å². The predicted octanol–water partition coefficient (Wildman–Crippen LogP) is 3.45. The molecule has 1 heterocycles. The second-order valence-corrected chi connectivity index (χ2v) is 5.55. The Kier molecular flexibility index (Phi) is 5.39. The van der Waals surface area contributed by atoms with Crippen LogP contribution in [0.15, 0.2) is 36.9 Å². The van der Waals surface area contributed by atoms with Crippen molar-refractivity contribution in [3.05, 3.63) is 59.4 Å². The lowest BCUT2D eigenvalue weighted by atomic mass is 10.1. The van der Waals surface area contributed by atoms with Crippen LogP contribution in [0, 0.1) is 13.8 Å². The monoisotopic (exact) mass is 299 g/mol. The highest BCUT2D eigenvalue weighted by molar-refractivity contribution is 5.29. The summed E-state index contributed by atoms with van der Waals surface area (Å²) in [4.78, 5) is 0. The molecular formula is C18H25N3O. The highest BCUT2D eigenvalue weighted by Gasteiger charge is 2.15. The molecule has 4 heteroatoms. The number of nitrogens with one attached hydrogen (secondary N) is 1. The molecule has 1 atom stereocenters. The summed E-state index contributed by atoms with van der Waals surface area (Å²) in [6, 6.07) is 8.42. The maximum absolute atomic E-state index is 5.49. The molecule has 2 rings (SSSR count). The fraction of sp³-hybridized carbons (Fsp3) is 0.389. The zero-order valence-corrected chi connectivity index (χ0v) is 13.9. The van der Waals surface area contributed by atoms with E-state index in [0.717, 1.165) is 18.0 Å². The van der Waals surface area contributed by atoms with Crippen LogP contribution in [0.3, 0.4) is 0 Å². The summed E-state index contributed by atoms with van der Waals surface area (Å²) in [7, 11) is 1.99. The van der Waals surface area contributed by atoms with Gasteiger partial charge in [-0.15, -0.1) is 0 Å². The smallest absolute Gasteiger partial charge is 0.119 e. The number of ether oxygens (including phenoxy) is 1. The van der Waals surface area contributed by atoms with Gasteiger partial charge in [-0.05, 0) is 38.5 Å². The van der Waals surface area contributed by atoms with E-state index in [1.165, 1.54) is 16.8 Å². The van der Waals surface area contributed by atoms with Gasteiger partial charge in [-0.2, -0.15) is 5.10 Å². The van der Waals surface area contributed by atoms with E-state index in [4.69, 9.17) is 4.74 Å². The molecule has 0 aliphatic carbocycles. The molecule has 0 amide bonds. The molecule has 0 aliphatic rings. The Morgan fingerprint density at radius 3 is 2.55 bits per heavy atom. The molecule has 1 aromatic heterocycles. The minimum absolute atomic E-state index is 0.269. The van der Waals surface area contributed by atoms with Crippen LogP contribution in [-0.4, -0.2) is 16.4 Å². The Labute approximate surface area is 132 Å². The van der Waals surface area contributed by atoms with E-state index in [2.05, 4.69) is 49.9 Å². The number of aryl methyl sites for hydroxylation is 2. The standard InChI is InChI=1S/C18H25N3O/c1-6-11-22-17-9-7-16(8-10-17)12-19-13(2)18-14(3)20-21(5)15(18)4/h6-10,13,19H,1,11-12H2,2-5H3/t13-/m1/s1. The van der Waals surface area contributed by atoms with E-state index < -0.39 is 0 Å². The van der Waals surface area contributed by atoms with Crippen LogP contribution in [0.4, 0.5) is 0 Å². The summed E-state index contributed by atoms with van der Waals surface area (Å²) in [6.45, 7) is 11.3. The number of rotatable bonds is 7. The van der Waals surface area contributed by atoms with Crippen molar-refractivity contribution in [2.24, 2.45) is 7.05 Å². The second kappa shape index (κ2) is 7.27. The van der Waals surface area contributed by atoms with Crippen molar-refractivity contribution in [3.63, 3.8) is 0 Å². The average Bonchev–Trinajstić information content (AvgIpc) is 2.76. The van der Waals surface area contributed by atoms with E-state index in [9.17, 15) is 0 Å². The molecule has 0 spiro atoms. The van der Waals surface area contributed by atoms with E-state index in [1.54, 1.807) is 6.08 Å². The normalized spacial score (nSPS) is 12.2. The second-order valence-electron chi connectivity index (χ2n) is 5.55. The van der Waals surface area contributed by atoms with E-state index >= 15 is 0 Å². The van der Waals surface area contributed by atoms with Gasteiger partial charge in [0.05, 0.1) is 5.69 Å². The molecule has 0 unspecified atom stereocenters. The highest BCUT2D eigenvalue weighted by Crippen LogP contribution is 2.21. The fourth-order valence-electron chi connectivity index (χ4n) is 2.65. The Hall–Kier alpha value is -2.07. The number of nitrogens with zero attached hydrogens (tertiary/aromatic N) is 2. The first-order valence-electron chi connectivity index (χ1n) is 7.59. The van der Waals surface area contributed by atoms with Crippen LogP contribution >= 0.6 is 0 Å². The minimum Gasteiger partial charge on any atom is -0.490 e. The van der Waals surface area contributed by atoms with Crippen LogP contribution < -0.4 is 10.1 Å². The number of hydrogen-bond donors (Lipinski definition) is 1. The highest BCUT2D eigenvalue weighted by atomic mass is 16.5. The molecule has 0 bridgehead atoms. The van der Waals surface area contributed by atoms with Gasteiger partial charge in [0.2, 0.25) is 0 Å². The predicted molar refractivity (Wildman–Crippen MR) is 90.1 cm³/mol. The fourth-order valence-corrected chi connectivity index (χ4v) is 2.65. The van der Waals surface area contributed by atoms with Crippen molar-refractivity contribution in [1.29, 1.82) is 0 Å². The summed E-state index contributed by atoms with van der Waals surface area (Å²) in [5.41, 5.74) is 4.82. The number of hydrogen-bond acceptors (Lipinski definition) is 3. The van der Waals surface area contributed by atoms with Gasteiger partial charge in [0.1, 0.15) is 12.4 Å². The third kappa shape index (κ3) is 3.77. The summed E-state index contributed by atoms with van der Waals surface area (Å²) in [5, 5.41) is 8.04. The van der Waals surface area contributed by atoms with Crippen LogP contribution in [0.2, 0.25) is 0 Å². The van der Waals surface area contributed by atoms with Crippen LogP contribution in [0.25, 0.3) is 0 Å². The van der Waals surface area contributed by atoms with Gasteiger partial charge in [-0.1, -0.05) is 24.8 Å².